The number of benzene rings is 1. The molecular formula is C19H17ClN4O3. The molecule has 0 aliphatic rings. The Morgan fingerprint density at radius 3 is 2.67 bits per heavy atom. The van der Waals surface area contributed by atoms with Gasteiger partial charge in [-0.25, -0.2) is 19.7 Å². The highest BCUT2D eigenvalue weighted by atomic mass is 35.5. The first-order chi connectivity index (χ1) is 12.7. The van der Waals surface area contributed by atoms with Crippen LogP contribution in [0.4, 0.5) is 5.82 Å². The van der Waals surface area contributed by atoms with Gasteiger partial charge in [0.25, 0.3) is 5.91 Å². The summed E-state index contributed by atoms with van der Waals surface area (Å²) in [7, 11) is 0. The van der Waals surface area contributed by atoms with Gasteiger partial charge >= 0.3 is 5.97 Å². The van der Waals surface area contributed by atoms with Crippen molar-refractivity contribution in [3.63, 3.8) is 0 Å². The van der Waals surface area contributed by atoms with Gasteiger partial charge in [0.05, 0.1) is 16.7 Å². The number of rotatable bonds is 3. The lowest BCUT2D eigenvalue weighted by molar-refractivity contribution is 0.00628. The van der Waals surface area contributed by atoms with E-state index in [-0.39, 0.29) is 17.1 Å². The molecule has 7 nitrogen and oxygen atoms in total. The van der Waals surface area contributed by atoms with Crippen molar-refractivity contribution in [3.8, 4) is 0 Å². The minimum absolute atomic E-state index is 0.0500. The Labute approximate surface area is 160 Å². The number of amides is 1. The molecule has 0 bridgehead atoms. The number of pyridine rings is 1. The van der Waals surface area contributed by atoms with E-state index in [2.05, 4.69) is 20.3 Å². The average molecular weight is 385 g/mol. The molecule has 0 saturated heterocycles. The van der Waals surface area contributed by atoms with Gasteiger partial charge < -0.3 is 10.1 Å². The van der Waals surface area contributed by atoms with Crippen molar-refractivity contribution in [3.05, 3.63) is 59.0 Å². The van der Waals surface area contributed by atoms with Crippen molar-refractivity contribution < 1.29 is 14.3 Å². The van der Waals surface area contributed by atoms with Crippen LogP contribution < -0.4 is 5.32 Å². The molecule has 3 rings (SSSR count). The van der Waals surface area contributed by atoms with E-state index in [9.17, 15) is 9.59 Å². The van der Waals surface area contributed by atoms with Gasteiger partial charge in [-0.3, -0.25) is 4.79 Å². The minimum atomic E-state index is -0.654. The fraction of sp³-hybridized carbons (Fsp3) is 0.211. The smallest absolute Gasteiger partial charge is 0.357 e. The van der Waals surface area contributed by atoms with E-state index in [0.717, 1.165) is 0 Å². The number of halogens is 1. The van der Waals surface area contributed by atoms with Gasteiger partial charge in [-0.1, -0.05) is 17.7 Å². The van der Waals surface area contributed by atoms with Gasteiger partial charge in [0, 0.05) is 11.8 Å². The summed E-state index contributed by atoms with van der Waals surface area (Å²) in [6.07, 6.45) is 2.79. The van der Waals surface area contributed by atoms with E-state index in [4.69, 9.17) is 16.3 Å². The molecule has 0 spiro atoms. The monoisotopic (exact) mass is 384 g/mol. The molecule has 138 valence electrons. The fourth-order valence-electron chi connectivity index (χ4n) is 2.27. The van der Waals surface area contributed by atoms with Crippen LogP contribution in [-0.4, -0.2) is 32.4 Å². The van der Waals surface area contributed by atoms with Crippen molar-refractivity contribution in [2.24, 2.45) is 0 Å². The van der Waals surface area contributed by atoms with Crippen LogP contribution >= 0.6 is 11.6 Å². The first-order valence-electron chi connectivity index (χ1n) is 8.15. The van der Waals surface area contributed by atoms with E-state index in [1.807, 2.05) is 0 Å². The summed E-state index contributed by atoms with van der Waals surface area (Å²) in [4.78, 5) is 37.1. The molecule has 2 heterocycles. The van der Waals surface area contributed by atoms with Crippen LogP contribution in [0.25, 0.3) is 11.0 Å². The molecule has 3 aromatic rings. The Morgan fingerprint density at radius 1 is 1.15 bits per heavy atom. The fourth-order valence-corrected chi connectivity index (χ4v) is 2.49. The summed E-state index contributed by atoms with van der Waals surface area (Å²) < 4.78 is 5.27. The van der Waals surface area contributed by atoms with Gasteiger partial charge in [-0.15, -0.1) is 0 Å². The number of para-hydroxylation sites is 1. The van der Waals surface area contributed by atoms with E-state index in [0.29, 0.717) is 16.1 Å². The zero-order chi connectivity index (χ0) is 19.6. The van der Waals surface area contributed by atoms with Crippen LogP contribution in [-0.2, 0) is 4.74 Å². The topological polar surface area (TPSA) is 94.1 Å². The first-order valence-corrected chi connectivity index (χ1v) is 8.53. The molecule has 0 aliphatic carbocycles. The Balaban J connectivity index is 1.80. The van der Waals surface area contributed by atoms with Gasteiger partial charge in [-0.2, -0.15) is 0 Å². The van der Waals surface area contributed by atoms with E-state index < -0.39 is 17.5 Å². The molecule has 0 aliphatic heterocycles. The number of nitrogens with zero attached hydrogens (tertiary/aromatic N) is 3. The molecule has 8 heteroatoms. The van der Waals surface area contributed by atoms with Gasteiger partial charge in [0.15, 0.2) is 5.82 Å². The number of aromatic nitrogens is 3. The molecule has 0 radical (unpaired) electrons. The quantitative estimate of drug-likeness (QED) is 0.688. The second-order valence-corrected chi connectivity index (χ2v) is 7.16. The van der Waals surface area contributed by atoms with Crippen LogP contribution in [0.3, 0.4) is 0 Å². The van der Waals surface area contributed by atoms with E-state index in [1.54, 1.807) is 39.0 Å². The van der Waals surface area contributed by atoms with Gasteiger partial charge in [0.2, 0.25) is 0 Å². The second kappa shape index (κ2) is 7.28. The van der Waals surface area contributed by atoms with Crippen LogP contribution in [0.2, 0.25) is 5.02 Å². The summed E-state index contributed by atoms with van der Waals surface area (Å²) in [5, 5.41) is 3.13. The molecule has 1 aromatic carbocycles. The Bertz CT molecular complexity index is 1030. The number of carbonyl (C=O) groups excluding carboxylic acids is 2. The zero-order valence-corrected chi connectivity index (χ0v) is 15.7. The lowest BCUT2D eigenvalue weighted by atomic mass is 10.2. The van der Waals surface area contributed by atoms with Gasteiger partial charge in [0.1, 0.15) is 16.8 Å². The number of fused-ring (bicyclic) bond motifs is 1. The third kappa shape index (κ3) is 4.57. The second-order valence-electron chi connectivity index (χ2n) is 6.75. The Hall–Kier alpha value is -3.06. The van der Waals surface area contributed by atoms with Gasteiger partial charge in [-0.05, 0) is 45.0 Å². The molecule has 1 N–H and O–H groups in total. The molecule has 1 amide bonds. The summed E-state index contributed by atoms with van der Waals surface area (Å²) >= 11 is 6.06. The number of anilines is 1. The molecule has 0 atom stereocenters. The predicted molar refractivity (Wildman–Crippen MR) is 102 cm³/mol. The molecular weight excluding hydrogens is 368 g/mol. The molecule has 0 fully saturated rings. The van der Waals surface area contributed by atoms with Crippen molar-refractivity contribution >= 4 is 40.3 Å². The molecule has 0 saturated carbocycles. The number of carbonyl (C=O) groups is 2. The third-order valence-corrected chi connectivity index (χ3v) is 3.70. The van der Waals surface area contributed by atoms with Crippen LogP contribution in [0, 0.1) is 0 Å². The largest absolute Gasteiger partial charge is 0.455 e. The third-order valence-electron chi connectivity index (χ3n) is 3.39. The summed E-state index contributed by atoms with van der Waals surface area (Å²) in [5.74, 6) is -0.777. The Kier molecular flexibility index (Phi) is 5.05. The van der Waals surface area contributed by atoms with Crippen molar-refractivity contribution in [1.82, 2.24) is 15.0 Å². The van der Waals surface area contributed by atoms with Crippen LogP contribution in [0.15, 0.2) is 42.7 Å². The first kappa shape index (κ1) is 18.7. The summed E-state index contributed by atoms with van der Waals surface area (Å²) in [6.45, 7) is 5.27. The lowest BCUT2D eigenvalue weighted by Gasteiger charge is -2.19. The predicted octanol–water partition coefficient (Wildman–Crippen LogP) is 3.89. The van der Waals surface area contributed by atoms with Crippen LogP contribution in [0.5, 0.6) is 0 Å². The minimum Gasteiger partial charge on any atom is -0.455 e. The molecule has 2 aromatic heterocycles. The molecule has 0 unspecified atom stereocenters. The maximum absolute atomic E-state index is 12.5. The average Bonchev–Trinajstić information content (AvgIpc) is 2.60. The maximum Gasteiger partial charge on any atom is 0.357 e. The van der Waals surface area contributed by atoms with E-state index in [1.165, 1.54) is 24.5 Å². The Morgan fingerprint density at radius 2 is 1.93 bits per heavy atom. The summed E-state index contributed by atoms with van der Waals surface area (Å²) in [6, 6.07) is 8.08. The van der Waals surface area contributed by atoms with Crippen molar-refractivity contribution in [2.75, 3.05) is 5.32 Å². The lowest BCUT2D eigenvalue weighted by Crippen LogP contribution is -2.24. The number of nitrogens with one attached hydrogen (secondary N) is 1. The standard InChI is InChI=1S/C19H17ClN4O3/c1-19(2,3)27-18(26)14-9-11(7-8-21-14)17(25)24-15-10-22-16-12(20)5-4-6-13(16)23-15/h4-10H,1-3H3,(H,23,24,25). The summed E-state index contributed by atoms with van der Waals surface area (Å²) in [5.41, 5.74) is 0.754. The maximum atomic E-state index is 12.5. The van der Waals surface area contributed by atoms with Crippen LogP contribution in [0.1, 0.15) is 41.6 Å². The van der Waals surface area contributed by atoms with E-state index >= 15 is 0 Å². The highest BCUT2D eigenvalue weighted by Crippen LogP contribution is 2.21. The normalized spacial score (nSPS) is 11.3. The number of ether oxygens (including phenoxy) is 1. The number of hydrogen-bond acceptors (Lipinski definition) is 6. The number of esters is 1. The van der Waals surface area contributed by atoms with Crippen molar-refractivity contribution in [2.45, 2.75) is 26.4 Å². The zero-order valence-electron chi connectivity index (χ0n) is 15.0. The highest BCUT2D eigenvalue weighted by Gasteiger charge is 2.20. The highest BCUT2D eigenvalue weighted by molar-refractivity contribution is 6.34. The van der Waals surface area contributed by atoms with Crippen molar-refractivity contribution in [1.29, 1.82) is 0 Å². The molecule has 27 heavy (non-hydrogen) atoms. The number of hydrogen-bond donors (Lipinski definition) is 1. The SMILES string of the molecule is CC(C)(C)OC(=O)c1cc(C(=O)Nc2cnc3c(Cl)cccc3n2)ccn1.